The van der Waals surface area contributed by atoms with Crippen LogP contribution in [0.3, 0.4) is 0 Å². The van der Waals surface area contributed by atoms with E-state index in [1.807, 2.05) is 0 Å². The molecular weight excluding hydrogens is 691 g/mol. The molecule has 0 aliphatic heterocycles. The Labute approximate surface area is 329 Å². The minimum absolute atomic E-state index is 1.13. The average Bonchev–Trinajstić information content (AvgIpc) is 3.93. The first-order valence-corrected chi connectivity index (χ1v) is 19.6. The van der Waals surface area contributed by atoms with Crippen molar-refractivity contribution in [1.29, 1.82) is 0 Å². The minimum atomic E-state index is 1.13. The van der Waals surface area contributed by atoms with Crippen molar-refractivity contribution in [3.05, 3.63) is 212 Å². The topological polar surface area (TPSA) is 14.8 Å². The van der Waals surface area contributed by atoms with Crippen LogP contribution in [0.25, 0.3) is 105 Å². The van der Waals surface area contributed by atoms with E-state index in [0.717, 1.165) is 17.1 Å². The SMILES string of the molecule is c1ccc(-c2cccc(-c3cccc(-n4c5ccccc5c5ccc6c7ccccc7n(-c7ccc8c9ccccc9n(-c9ccccc9)c8c7)c6c54)c3)c2)cc1. The zero-order chi connectivity index (χ0) is 37.5. The molecule has 0 fully saturated rings. The van der Waals surface area contributed by atoms with Crippen molar-refractivity contribution in [2.75, 3.05) is 0 Å². The van der Waals surface area contributed by atoms with Crippen LogP contribution in [-0.2, 0) is 0 Å². The van der Waals surface area contributed by atoms with Gasteiger partial charge in [-0.25, -0.2) is 0 Å². The lowest BCUT2D eigenvalue weighted by atomic mass is 9.99. The molecule has 12 rings (SSSR count). The zero-order valence-corrected chi connectivity index (χ0v) is 31.0. The van der Waals surface area contributed by atoms with Gasteiger partial charge in [-0.1, -0.05) is 152 Å². The highest BCUT2D eigenvalue weighted by atomic mass is 15.1. The maximum atomic E-state index is 2.50. The van der Waals surface area contributed by atoms with Crippen molar-refractivity contribution in [3.63, 3.8) is 0 Å². The molecule has 0 amide bonds. The summed E-state index contributed by atoms with van der Waals surface area (Å²) in [6.45, 7) is 0. The summed E-state index contributed by atoms with van der Waals surface area (Å²) in [6.07, 6.45) is 0. The Morgan fingerprint density at radius 2 is 0.614 bits per heavy atom. The van der Waals surface area contributed by atoms with Crippen LogP contribution in [0.4, 0.5) is 0 Å². The molecule has 0 N–H and O–H groups in total. The molecule has 0 radical (unpaired) electrons. The Morgan fingerprint density at radius 1 is 0.211 bits per heavy atom. The van der Waals surface area contributed by atoms with E-state index < -0.39 is 0 Å². The van der Waals surface area contributed by atoms with Crippen molar-refractivity contribution >= 4 is 65.4 Å². The first-order valence-electron chi connectivity index (χ1n) is 19.6. The highest BCUT2D eigenvalue weighted by Crippen LogP contribution is 2.43. The fourth-order valence-electron chi connectivity index (χ4n) is 9.32. The number of aromatic nitrogens is 3. The van der Waals surface area contributed by atoms with Gasteiger partial charge in [-0.2, -0.15) is 0 Å². The predicted octanol–water partition coefficient (Wildman–Crippen LogP) is 14.3. The molecule has 266 valence electrons. The molecule has 0 unspecified atom stereocenters. The number of nitrogens with zero attached hydrogens (tertiary/aromatic N) is 3. The fourth-order valence-corrected chi connectivity index (χ4v) is 9.32. The minimum Gasteiger partial charge on any atom is -0.309 e. The molecule has 0 aliphatic rings. The monoisotopic (exact) mass is 725 g/mol. The van der Waals surface area contributed by atoms with Crippen LogP contribution >= 0.6 is 0 Å². The molecule has 0 atom stereocenters. The van der Waals surface area contributed by atoms with E-state index in [0.29, 0.717) is 0 Å². The summed E-state index contributed by atoms with van der Waals surface area (Å²) in [7, 11) is 0. The van der Waals surface area contributed by atoms with E-state index in [1.165, 1.54) is 87.7 Å². The fraction of sp³-hybridized carbons (Fsp3) is 0. The molecule has 3 aromatic heterocycles. The Hall–Kier alpha value is -7.62. The Balaban J connectivity index is 1.16. The first kappa shape index (κ1) is 31.7. The summed E-state index contributed by atoms with van der Waals surface area (Å²) in [4.78, 5) is 0. The molecule has 0 spiro atoms. The van der Waals surface area contributed by atoms with Crippen LogP contribution in [0.1, 0.15) is 0 Å². The number of hydrogen-bond acceptors (Lipinski definition) is 0. The maximum Gasteiger partial charge on any atom is 0.0788 e. The van der Waals surface area contributed by atoms with E-state index in [9.17, 15) is 0 Å². The van der Waals surface area contributed by atoms with Crippen molar-refractivity contribution in [3.8, 4) is 39.3 Å². The molecule has 3 heterocycles. The molecule has 0 saturated carbocycles. The summed E-state index contributed by atoms with van der Waals surface area (Å²) >= 11 is 0. The van der Waals surface area contributed by atoms with Gasteiger partial charge in [-0.3, -0.25) is 0 Å². The van der Waals surface area contributed by atoms with Crippen LogP contribution in [0, 0.1) is 0 Å². The van der Waals surface area contributed by atoms with Gasteiger partial charge < -0.3 is 13.7 Å². The van der Waals surface area contributed by atoms with Gasteiger partial charge >= 0.3 is 0 Å². The molecule has 12 aromatic rings. The summed E-state index contributed by atoms with van der Waals surface area (Å²) < 4.78 is 7.40. The van der Waals surface area contributed by atoms with Crippen molar-refractivity contribution < 1.29 is 0 Å². The second-order valence-corrected chi connectivity index (χ2v) is 14.9. The van der Waals surface area contributed by atoms with Gasteiger partial charge in [0.25, 0.3) is 0 Å². The third-order valence-electron chi connectivity index (χ3n) is 11.8. The normalized spacial score (nSPS) is 11.9. The second-order valence-electron chi connectivity index (χ2n) is 14.9. The largest absolute Gasteiger partial charge is 0.309 e. The van der Waals surface area contributed by atoms with E-state index >= 15 is 0 Å². The van der Waals surface area contributed by atoms with Gasteiger partial charge in [-0.15, -0.1) is 0 Å². The highest BCUT2D eigenvalue weighted by molar-refractivity contribution is 6.24. The number of rotatable bonds is 5. The van der Waals surface area contributed by atoms with E-state index in [2.05, 4.69) is 226 Å². The number of benzene rings is 9. The standard InChI is InChI=1S/C54H35N3/c1-3-15-36(16-4-1)37-17-13-18-38(33-37)39-19-14-22-41(34-39)56-50-27-11-8-24-44(50)47-31-32-48-45-25-9-12-28-51(45)57(54(48)53(47)56)42-29-30-46-43-23-7-10-26-49(43)55(52(46)35-42)40-20-5-2-6-21-40/h1-35H. The second kappa shape index (κ2) is 12.5. The molecule has 3 nitrogen and oxygen atoms in total. The van der Waals surface area contributed by atoms with Gasteiger partial charge in [0.1, 0.15) is 0 Å². The third kappa shape index (κ3) is 4.79. The molecular formula is C54H35N3. The van der Waals surface area contributed by atoms with Crippen molar-refractivity contribution in [2.45, 2.75) is 0 Å². The Morgan fingerprint density at radius 3 is 1.25 bits per heavy atom. The predicted molar refractivity (Wildman–Crippen MR) is 240 cm³/mol. The van der Waals surface area contributed by atoms with Crippen molar-refractivity contribution in [1.82, 2.24) is 13.7 Å². The van der Waals surface area contributed by atoms with E-state index in [-0.39, 0.29) is 0 Å². The van der Waals surface area contributed by atoms with Gasteiger partial charge in [0.2, 0.25) is 0 Å². The van der Waals surface area contributed by atoms with Crippen LogP contribution in [-0.4, -0.2) is 13.7 Å². The van der Waals surface area contributed by atoms with Crippen LogP contribution in [0.15, 0.2) is 212 Å². The summed E-state index contributed by atoms with van der Waals surface area (Å²) in [6, 6.07) is 77.4. The molecule has 57 heavy (non-hydrogen) atoms. The molecule has 9 aromatic carbocycles. The van der Waals surface area contributed by atoms with E-state index in [4.69, 9.17) is 0 Å². The summed E-state index contributed by atoms with van der Waals surface area (Å²) in [5.41, 5.74) is 15.4. The Bertz CT molecular complexity index is 3510. The number of para-hydroxylation sites is 4. The third-order valence-corrected chi connectivity index (χ3v) is 11.8. The molecule has 0 bridgehead atoms. The smallest absolute Gasteiger partial charge is 0.0788 e. The number of hydrogen-bond donors (Lipinski definition) is 0. The van der Waals surface area contributed by atoms with Crippen molar-refractivity contribution in [2.24, 2.45) is 0 Å². The van der Waals surface area contributed by atoms with Gasteiger partial charge in [-0.05, 0) is 82.9 Å². The molecule has 0 aliphatic carbocycles. The summed E-state index contributed by atoms with van der Waals surface area (Å²) in [5.74, 6) is 0. The van der Waals surface area contributed by atoms with Crippen LogP contribution < -0.4 is 0 Å². The average molecular weight is 726 g/mol. The maximum absolute atomic E-state index is 2.50. The quantitative estimate of drug-likeness (QED) is 0.168. The van der Waals surface area contributed by atoms with Crippen LogP contribution in [0.5, 0.6) is 0 Å². The van der Waals surface area contributed by atoms with Gasteiger partial charge in [0.15, 0.2) is 0 Å². The first-order chi connectivity index (χ1) is 28.3. The molecule has 0 saturated heterocycles. The zero-order valence-electron chi connectivity index (χ0n) is 31.0. The van der Waals surface area contributed by atoms with E-state index in [1.54, 1.807) is 0 Å². The van der Waals surface area contributed by atoms with Gasteiger partial charge in [0, 0.05) is 49.4 Å². The highest BCUT2D eigenvalue weighted by Gasteiger charge is 2.22. The lowest BCUT2D eigenvalue weighted by Crippen LogP contribution is -2.00. The Kier molecular flexibility index (Phi) is 6.93. The van der Waals surface area contributed by atoms with Crippen LogP contribution in [0.2, 0.25) is 0 Å². The lowest BCUT2D eigenvalue weighted by Gasteiger charge is -2.14. The lowest BCUT2D eigenvalue weighted by molar-refractivity contribution is 1.14. The molecule has 3 heteroatoms. The van der Waals surface area contributed by atoms with Gasteiger partial charge in [0.05, 0.1) is 33.1 Å². The number of fused-ring (bicyclic) bond motifs is 10. The summed E-state index contributed by atoms with van der Waals surface area (Å²) in [5, 5.41) is 7.44.